The fraction of sp³-hybridized carbons (Fsp3) is 0.467. The highest BCUT2D eigenvalue weighted by Gasteiger charge is 2.22. The summed E-state index contributed by atoms with van der Waals surface area (Å²) in [4.78, 5) is 22.0. The van der Waals surface area contributed by atoms with Crippen molar-refractivity contribution < 1.29 is 0 Å². The van der Waals surface area contributed by atoms with Gasteiger partial charge in [0.25, 0.3) is 0 Å². The molecule has 21 heavy (non-hydrogen) atoms. The summed E-state index contributed by atoms with van der Waals surface area (Å²) in [5, 5.41) is 0. The van der Waals surface area contributed by atoms with Crippen LogP contribution in [0.3, 0.4) is 0 Å². The molecule has 110 valence electrons. The molecule has 0 aliphatic carbocycles. The van der Waals surface area contributed by atoms with Gasteiger partial charge in [0.15, 0.2) is 0 Å². The normalized spacial score (nSPS) is 14.8. The number of rotatable bonds is 3. The smallest absolute Gasteiger partial charge is 0.136 e. The average Bonchev–Trinajstić information content (AvgIpc) is 2.49. The third-order valence-corrected chi connectivity index (χ3v) is 3.70. The van der Waals surface area contributed by atoms with E-state index < -0.39 is 0 Å². The zero-order chi connectivity index (χ0) is 14.8. The third kappa shape index (κ3) is 3.00. The number of fused-ring (bicyclic) bond motifs is 1. The third-order valence-electron chi connectivity index (χ3n) is 3.70. The first-order chi connectivity index (χ1) is 10.1. The molecule has 0 N–H and O–H groups in total. The van der Waals surface area contributed by atoms with Gasteiger partial charge in [0.1, 0.15) is 12.1 Å². The topological polar surface area (TPSA) is 58.0 Å². The standard InChI is InChI=1S/C15H20N6/c1-11-6-17-12(7-16-11)8-21-5-4-14-13(9-21)15(20(2)3)19-10-18-14/h6-7,10H,4-5,8-9H2,1-3H3. The van der Waals surface area contributed by atoms with Gasteiger partial charge in [0.05, 0.1) is 17.1 Å². The second-order valence-corrected chi connectivity index (χ2v) is 5.63. The fourth-order valence-corrected chi connectivity index (χ4v) is 2.63. The Hall–Kier alpha value is -2.08. The highest BCUT2D eigenvalue weighted by Crippen LogP contribution is 2.25. The molecule has 0 saturated carbocycles. The highest BCUT2D eigenvalue weighted by atomic mass is 15.2. The van der Waals surface area contributed by atoms with Gasteiger partial charge in [-0.25, -0.2) is 9.97 Å². The molecule has 6 heteroatoms. The van der Waals surface area contributed by atoms with E-state index in [0.717, 1.165) is 43.3 Å². The van der Waals surface area contributed by atoms with E-state index in [1.807, 2.05) is 33.4 Å². The van der Waals surface area contributed by atoms with Gasteiger partial charge < -0.3 is 4.90 Å². The number of hydrogen-bond donors (Lipinski definition) is 0. The molecule has 2 aromatic rings. The van der Waals surface area contributed by atoms with Crippen LogP contribution in [0.4, 0.5) is 5.82 Å². The summed E-state index contributed by atoms with van der Waals surface area (Å²) in [6, 6.07) is 0. The summed E-state index contributed by atoms with van der Waals surface area (Å²) < 4.78 is 0. The van der Waals surface area contributed by atoms with Crippen LogP contribution < -0.4 is 4.90 Å². The Kier molecular flexibility index (Phi) is 3.79. The lowest BCUT2D eigenvalue weighted by Gasteiger charge is -2.30. The molecular weight excluding hydrogens is 264 g/mol. The van der Waals surface area contributed by atoms with Crippen LogP contribution in [0.1, 0.15) is 22.6 Å². The van der Waals surface area contributed by atoms with Crippen molar-refractivity contribution in [1.82, 2.24) is 24.8 Å². The molecule has 1 aliphatic heterocycles. The maximum Gasteiger partial charge on any atom is 0.136 e. The van der Waals surface area contributed by atoms with Crippen LogP contribution >= 0.6 is 0 Å². The van der Waals surface area contributed by atoms with E-state index in [1.165, 1.54) is 11.3 Å². The highest BCUT2D eigenvalue weighted by molar-refractivity contribution is 5.48. The van der Waals surface area contributed by atoms with Gasteiger partial charge in [-0.05, 0) is 6.92 Å². The SMILES string of the molecule is Cc1cnc(CN2CCc3ncnc(N(C)C)c3C2)cn1. The molecule has 0 atom stereocenters. The van der Waals surface area contributed by atoms with Crippen molar-refractivity contribution in [1.29, 1.82) is 0 Å². The maximum atomic E-state index is 4.44. The summed E-state index contributed by atoms with van der Waals surface area (Å²) in [5.74, 6) is 1.01. The molecule has 0 radical (unpaired) electrons. The van der Waals surface area contributed by atoms with Crippen molar-refractivity contribution in [3.8, 4) is 0 Å². The van der Waals surface area contributed by atoms with Crippen LogP contribution in [-0.4, -0.2) is 45.5 Å². The number of nitrogens with zero attached hydrogens (tertiary/aromatic N) is 6. The average molecular weight is 284 g/mol. The van der Waals surface area contributed by atoms with Crippen molar-refractivity contribution >= 4 is 5.82 Å². The molecule has 6 nitrogen and oxygen atoms in total. The van der Waals surface area contributed by atoms with Gasteiger partial charge in [-0.15, -0.1) is 0 Å². The zero-order valence-corrected chi connectivity index (χ0v) is 12.7. The lowest BCUT2D eigenvalue weighted by atomic mass is 10.1. The Balaban J connectivity index is 1.79. The quantitative estimate of drug-likeness (QED) is 0.844. The molecule has 1 aliphatic rings. The van der Waals surface area contributed by atoms with E-state index in [1.54, 1.807) is 6.33 Å². The Morgan fingerprint density at radius 2 is 2.00 bits per heavy atom. The number of aromatic nitrogens is 4. The summed E-state index contributed by atoms with van der Waals surface area (Å²) in [7, 11) is 4.04. The van der Waals surface area contributed by atoms with Crippen LogP contribution in [0.25, 0.3) is 0 Å². The van der Waals surface area contributed by atoms with Crippen LogP contribution in [0.15, 0.2) is 18.7 Å². The number of aryl methyl sites for hydroxylation is 1. The molecule has 0 aromatic carbocycles. The number of anilines is 1. The van der Waals surface area contributed by atoms with E-state index in [4.69, 9.17) is 0 Å². The van der Waals surface area contributed by atoms with Crippen LogP contribution in [0, 0.1) is 6.92 Å². The van der Waals surface area contributed by atoms with Crippen LogP contribution in [0.5, 0.6) is 0 Å². The minimum atomic E-state index is 0.814. The molecule has 0 spiro atoms. The first-order valence-corrected chi connectivity index (χ1v) is 7.13. The van der Waals surface area contributed by atoms with Crippen LogP contribution in [0.2, 0.25) is 0 Å². The molecule has 0 amide bonds. The van der Waals surface area contributed by atoms with Crippen molar-refractivity contribution in [3.05, 3.63) is 41.4 Å². The van der Waals surface area contributed by atoms with Gasteiger partial charge >= 0.3 is 0 Å². The molecule has 0 unspecified atom stereocenters. The van der Waals surface area contributed by atoms with E-state index in [-0.39, 0.29) is 0 Å². The summed E-state index contributed by atoms with van der Waals surface area (Å²) >= 11 is 0. The summed E-state index contributed by atoms with van der Waals surface area (Å²) in [6.45, 7) is 4.62. The second-order valence-electron chi connectivity index (χ2n) is 5.63. The Bertz CT molecular complexity index is 623. The minimum Gasteiger partial charge on any atom is -0.362 e. The van der Waals surface area contributed by atoms with Gasteiger partial charge in [-0.3, -0.25) is 14.9 Å². The predicted octanol–water partition coefficient (Wildman–Crippen LogP) is 1.20. The Morgan fingerprint density at radius 3 is 2.71 bits per heavy atom. The molecule has 0 bridgehead atoms. The van der Waals surface area contributed by atoms with Gasteiger partial charge in [0, 0.05) is 58.1 Å². The van der Waals surface area contributed by atoms with E-state index in [2.05, 4.69) is 29.7 Å². The van der Waals surface area contributed by atoms with Crippen molar-refractivity contribution in [2.75, 3.05) is 25.5 Å². The Labute approximate surface area is 124 Å². The second kappa shape index (κ2) is 5.73. The lowest BCUT2D eigenvalue weighted by molar-refractivity contribution is 0.240. The van der Waals surface area contributed by atoms with Crippen molar-refractivity contribution in [2.45, 2.75) is 26.4 Å². The largest absolute Gasteiger partial charge is 0.362 e. The van der Waals surface area contributed by atoms with Crippen molar-refractivity contribution in [2.24, 2.45) is 0 Å². The fourth-order valence-electron chi connectivity index (χ4n) is 2.63. The zero-order valence-electron chi connectivity index (χ0n) is 12.7. The molecule has 0 fully saturated rings. The van der Waals surface area contributed by atoms with Gasteiger partial charge in [-0.2, -0.15) is 0 Å². The first-order valence-electron chi connectivity index (χ1n) is 7.13. The molecule has 3 heterocycles. The molecule has 2 aromatic heterocycles. The maximum absolute atomic E-state index is 4.44. The van der Waals surface area contributed by atoms with Gasteiger partial charge in [0.2, 0.25) is 0 Å². The van der Waals surface area contributed by atoms with E-state index in [0.29, 0.717) is 0 Å². The number of hydrogen-bond acceptors (Lipinski definition) is 6. The minimum absolute atomic E-state index is 0.814. The summed E-state index contributed by atoms with van der Waals surface area (Å²) in [5.41, 5.74) is 4.35. The van der Waals surface area contributed by atoms with Gasteiger partial charge in [-0.1, -0.05) is 0 Å². The Morgan fingerprint density at radius 1 is 1.14 bits per heavy atom. The van der Waals surface area contributed by atoms with E-state index in [9.17, 15) is 0 Å². The van der Waals surface area contributed by atoms with E-state index >= 15 is 0 Å². The first kappa shape index (κ1) is 13.9. The van der Waals surface area contributed by atoms with Crippen LogP contribution in [-0.2, 0) is 19.5 Å². The molecule has 0 saturated heterocycles. The summed E-state index contributed by atoms with van der Waals surface area (Å²) in [6.07, 6.45) is 6.30. The van der Waals surface area contributed by atoms with Crippen molar-refractivity contribution in [3.63, 3.8) is 0 Å². The predicted molar refractivity (Wildman–Crippen MR) is 80.9 cm³/mol. The molecular formula is C15H20N6. The monoisotopic (exact) mass is 284 g/mol. The molecule has 3 rings (SSSR count). The lowest BCUT2D eigenvalue weighted by Crippen LogP contribution is -2.32.